The highest BCUT2D eigenvalue weighted by atomic mass is 16.6. The molecule has 0 amide bonds. The maximum absolute atomic E-state index is 10.6. The zero-order valence-electron chi connectivity index (χ0n) is 10.3. The molecule has 0 unspecified atom stereocenters. The van der Waals surface area contributed by atoms with Gasteiger partial charge in [0, 0.05) is 0 Å². The van der Waals surface area contributed by atoms with E-state index in [4.69, 9.17) is 4.42 Å². The first-order valence-corrected chi connectivity index (χ1v) is 5.62. The molecule has 0 aliphatic carbocycles. The summed E-state index contributed by atoms with van der Waals surface area (Å²) in [6.07, 6.45) is 1.09. The number of aromatic nitrogens is 3. The molecule has 0 spiro atoms. The van der Waals surface area contributed by atoms with Crippen molar-refractivity contribution in [2.75, 3.05) is 0 Å². The van der Waals surface area contributed by atoms with Crippen LogP contribution < -0.4 is 0 Å². The molecule has 0 aliphatic heterocycles. The van der Waals surface area contributed by atoms with Crippen LogP contribution in [0, 0.1) is 24.0 Å². The summed E-state index contributed by atoms with van der Waals surface area (Å²) in [6.45, 7) is 3.77. The first-order chi connectivity index (χ1) is 9.06. The lowest BCUT2D eigenvalue weighted by atomic mass is 10.2. The third-order valence-electron chi connectivity index (χ3n) is 2.83. The van der Waals surface area contributed by atoms with Gasteiger partial charge in [0.25, 0.3) is 0 Å². The van der Waals surface area contributed by atoms with E-state index in [-0.39, 0.29) is 11.9 Å². The Labute approximate surface area is 107 Å². The van der Waals surface area contributed by atoms with Crippen molar-refractivity contribution in [1.29, 1.82) is 0 Å². The van der Waals surface area contributed by atoms with Gasteiger partial charge in [0.1, 0.15) is 10.7 Å². The number of nitro groups is 1. The number of benzene rings is 1. The Balaban J connectivity index is 2.23. The van der Waals surface area contributed by atoms with Gasteiger partial charge in [-0.25, -0.2) is 9.55 Å². The van der Waals surface area contributed by atoms with Crippen molar-refractivity contribution in [3.05, 3.63) is 45.9 Å². The summed E-state index contributed by atoms with van der Waals surface area (Å²) < 4.78 is 6.78. The van der Waals surface area contributed by atoms with Crippen molar-refractivity contribution in [3.8, 4) is 6.01 Å². The average Bonchev–Trinajstić information content (AvgIpc) is 2.91. The van der Waals surface area contributed by atoms with Gasteiger partial charge in [0.15, 0.2) is 6.20 Å². The fourth-order valence-electron chi connectivity index (χ4n) is 2.00. The third-order valence-corrected chi connectivity index (χ3v) is 2.83. The van der Waals surface area contributed by atoms with Crippen LogP contribution in [0.3, 0.4) is 0 Å². The smallest absolute Gasteiger partial charge is 0.364 e. The van der Waals surface area contributed by atoms with Crippen molar-refractivity contribution in [2.24, 2.45) is 0 Å². The molecule has 2 aromatic heterocycles. The number of hydrogen-bond acceptors (Lipinski definition) is 5. The average molecular weight is 258 g/mol. The van der Waals surface area contributed by atoms with Crippen LogP contribution in [0.5, 0.6) is 0 Å². The van der Waals surface area contributed by atoms with E-state index in [1.165, 1.54) is 0 Å². The molecule has 2 heterocycles. The lowest BCUT2D eigenvalue weighted by molar-refractivity contribution is -0.402. The lowest BCUT2D eigenvalue weighted by Gasteiger charge is -2.00. The third kappa shape index (κ3) is 1.75. The summed E-state index contributed by atoms with van der Waals surface area (Å²) in [4.78, 5) is 18.3. The second-order valence-electron chi connectivity index (χ2n) is 4.22. The van der Waals surface area contributed by atoms with Crippen molar-refractivity contribution in [2.45, 2.75) is 13.8 Å². The molecule has 0 saturated heterocycles. The zero-order valence-corrected chi connectivity index (χ0v) is 10.3. The molecule has 3 rings (SSSR count). The fourth-order valence-corrected chi connectivity index (χ4v) is 2.00. The van der Waals surface area contributed by atoms with Crippen LogP contribution in [-0.4, -0.2) is 19.5 Å². The Morgan fingerprint density at radius 3 is 2.84 bits per heavy atom. The van der Waals surface area contributed by atoms with Gasteiger partial charge in [-0.15, -0.1) is 0 Å². The number of imidazole rings is 1. The van der Waals surface area contributed by atoms with Crippen LogP contribution in [0.2, 0.25) is 0 Å². The number of nitrogens with zero attached hydrogens (tertiary/aromatic N) is 4. The molecular weight excluding hydrogens is 248 g/mol. The second-order valence-corrected chi connectivity index (χ2v) is 4.22. The van der Waals surface area contributed by atoms with E-state index in [9.17, 15) is 10.1 Å². The van der Waals surface area contributed by atoms with Crippen LogP contribution >= 0.6 is 0 Å². The topological polar surface area (TPSA) is 87.0 Å². The Morgan fingerprint density at radius 1 is 1.37 bits per heavy atom. The van der Waals surface area contributed by atoms with E-state index >= 15 is 0 Å². The quantitative estimate of drug-likeness (QED) is 0.520. The van der Waals surface area contributed by atoms with Gasteiger partial charge >= 0.3 is 11.9 Å². The predicted octanol–water partition coefficient (Wildman–Crippen LogP) is 2.54. The van der Waals surface area contributed by atoms with Crippen LogP contribution in [0.15, 0.2) is 28.8 Å². The van der Waals surface area contributed by atoms with Gasteiger partial charge in [-0.2, -0.15) is 4.98 Å². The van der Waals surface area contributed by atoms with Crippen LogP contribution in [0.1, 0.15) is 11.4 Å². The number of hydrogen-bond donors (Lipinski definition) is 0. The van der Waals surface area contributed by atoms with Crippen LogP contribution in [0.25, 0.3) is 17.0 Å². The molecular formula is C12H10N4O3. The van der Waals surface area contributed by atoms with Gasteiger partial charge in [0.2, 0.25) is 0 Å². The highest BCUT2D eigenvalue weighted by molar-refractivity contribution is 5.78. The molecule has 0 aliphatic rings. The van der Waals surface area contributed by atoms with Crippen molar-refractivity contribution in [1.82, 2.24) is 14.5 Å². The Kier molecular flexibility index (Phi) is 2.34. The molecule has 0 bridgehead atoms. The first kappa shape index (κ1) is 11.4. The second kappa shape index (κ2) is 3.91. The minimum absolute atomic E-state index is 0.149. The maximum Gasteiger partial charge on any atom is 0.454 e. The first-order valence-electron chi connectivity index (χ1n) is 5.62. The van der Waals surface area contributed by atoms with Crippen LogP contribution in [0.4, 0.5) is 5.88 Å². The van der Waals surface area contributed by atoms with Crippen molar-refractivity contribution < 1.29 is 9.34 Å². The van der Waals surface area contributed by atoms with Crippen molar-refractivity contribution in [3.63, 3.8) is 0 Å². The van der Waals surface area contributed by atoms with E-state index in [0.717, 1.165) is 22.8 Å². The molecule has 7 heteroatoms. The zero-order chi connectivity index (χ0) is 13.6. The minimum atomic E-state index is -0.616. The van der Waals surface area contributed by atoms with Gasteiger partial charge < -0.3 is 4.42 Å². The van der Waals surface area contributed by atoms with E-state index in [1.807, 2.05) is 25.1 Å². The van der Waals surface area contributed by atoms with Gasteiger partial charge in [-0.05, 0) is 31.5 Å². The van der Waals surface area contributed by atoms with E-state index in [2.05, 4.69) is 9.97 Å². The van der Waals surface area contributed by atoms with Gasteiger partial charge in [-0.1, -0.05) is 6.07 Å². The predicted molar refractivity (Wildman–Crippen MR) is 67.3 cm³/mol. The van der Waals surface area contributed by atoms with Crippen molar-refractivity contribution >= 4 is 16.9 Å². The fraction of sp³-hybridized carbons (Fsp3) is 0.167. The molecule has 0 N–H and O–H groups in total. The molecule has 0 atom stereocenters. The summed E-state index contributed by atoms with van der Waals surface area (Å²) in [6, 6.07) is 5.92. The van der Waals surface area contributed by atoms with E-state index < -0.39 is 4.92 Å². The van der Waals surface area contributed by atoms with E-state index in [1.54, 1.807) is 11.5 Å². The van der Waals surface area contributed by atoms with E-state index in [0.29, 0.717) is 5.82 Å². The normalized spacial score (nSPS) is 11.1. The Morgan fingerprint density at radius 2 is 2.16 bits per heavy atom. The SMILES string of the molecule is Cc1ccc2c(c1)nc(C)n2-c1ncc([N+](=O)[O-])o1. The molecule has 0 saturated carbocycles. The lowest BCUT2D eigenvalue weighted by Crippen LogP contribution is -1.96. The summed E-state index contributed by atoms with van der Waals surface area (Å²) >= 11 is 0. The summed E-state index contributed by atoms with van der Waals surface area (Å²) in [5, 5.41) is 10.6. The summed E-state index contributed by atoms with van der Waals surface area (Å²) in [5.41, 5.74) is 2.70. The largest absolute Gasteiger partial charge is 0.454 e. The van der Waals surface area contributed by atoms with Gasteiger partial charge in [-0.3, -0.25) is 10.1 Å². The summed E-state index contributed by atoms with van der Waals surface area (Å²) in [7, 11) is 0. The van der Waals surface area contributed by atoms with Crippen LogP contribution in [-0.2, 0) is 0 Å². The Bertz CT molecular complexity index is 787. The summed E-state index contributed by atoms with van der Waals surface area (Å²) in [5.74, 6) is 0.278. The highest BCUT2D eigenvalue weighted by Gasteiger charge is 2.18. The Hall–Kier alpha value is -2.70. The molecule has 0 fully saturated rings. The number of rotatable bonds is 2. The number of oxazole rings is 1. The molecule has 3 aromatic rings. The molecule has 96 valence electrons. The monoisotopic (exact) mass is 258 g/mol. The molecule has 7 nitrogen and oxygen atoms in total. The number of aryl methyl sites for hydroxylation is 2. The molecule has 1 aromatic carbocycles. The maximum atomic E-state index is 10.6. The molecule has 19 heavy (non-hydrogen) atoms. The number of fused-ring (bicyclic) bond motifs is 1. The highest BCUT2D eigenvalue weighted by Crippen LogP contribution is 2.23. The minimum Gasteiger partial charge on any atom is -0.364 e. The standard InChI is InChI=1S/C12H10N4O3/c1-7-3-4-10-9(5-7)14-8(2)15(10)12-13-6-11(19-12)16(17)18/h3-6H,1-2H3. The molecule has 0 radical (unpaired) electrons. The van der Waals surface area contributed by atoms with Gasteiger partial charge in [0.05, 0.1) is 11.0 Å².